The number of ether oxygens (including phenoxy) is 1. The van der Waals surface area contributed by atoms with Crippen molar-refractivity contribution in [1.82, 2.24) is 4.31 Å². The van der Waals surface area contributed by atoms with Crippen LogP contribution in [0.15, 0.2) is 29.2 Å². The van der Waals surface area contributed by atoms with E-state index in [0.717, 1.165) is 11.3 Å². The Morgan fingerprint density at radius 1 is 1.38 bits per heavy atom. The third-order valence-electron chi connectivity index (χ3n) is 3.49. The molecule has 1 aromatic carbocycles. The minimum absolute atomic E-state index is 0.0229. The Kier molecular flexibility index (Phi) is 5.92. The summed E-state index contributed by atoms with van der Waals surface area (Å²) >= 11 is 1.54. The van der Waals surface area contributed by atoms with Gasteiger partial charge in [0.05, 0.1) is 19.0 Å². The number of nitrogen functional groups attached to an aromatic ring is 1. The zero-order valence-electron chi connectivity index (χ0n) is 12.2. The molecule has 5 nitrogen and oxygen atoms in total. The third-order valence-corrected chi connectivity index (χ3v) is 6.68. The van der Waals surface area contributed by atoms with Gasteiger partial charge in [-0.1, -0.05) is 6.92 Å². The van der Waals surface area contributed by atoms with Crippen molar-refractivity contribution in [3.8, 4) is 0 Å². The molecule has 7 heteroatoms. The highest BCUT2D eigenvalue weighted by atomic mass is 32.2. The highest BCUT2D eigenvalue weighted by Gasteiger charge is 2.31. The van der Waals surface area contributed by atoms with Gasteiger partial charge in [0.1, 0.15) is 0 Å². The number of rotatable bonds is 6. The third kappa shape index (κ3) is 4.60. The Morgan fingerprint density at radius 3 is 2.76 bits per heavy atom. The van der Waals surface area contributed by atoms with Crippen molar-refractivity contribution in [3.63, 3.8) is 0 Å². The number of hydrogen-bond donors (Lipinski definition) is 1. The fourth-order valence-corrected chi connectivity index (χ4v) is 5.26. The molecule has 1 aliphatic heterocycles. The fourth-order valence-electron chi connectivity index (χ4n) is 2.27. The van der Waals surface area contributed by atoms with E-state index >= 15 is 0 Å². The van der Waals surface area contributed by atoms with Crippen molar-refractivity contribution in [2.24, 2.45) is 0 Å². The molecule has 0 amide bonds. The molecule has 1 aliphatic rings. The number of thioether (sulfide) groups is 1. The average molecular weight is 330 g/mol. The van der Waals surface area contributed by atoms with Gasteiger partial charge < -0.3 is 10.5 Å². The van der Waals surface area contributed by atoms with Gasteiger partial charge in [0.15, 0.2) is 0 Å². The first kappa shape index (κ1) is 16.6. The predicted octanol–water partition coefficient (Wildman–Crippen LogP) is 1.80. The van der Waals surface area contributed by atoms with E-state index in [1.54, 1.807) is 4.31 Å². The summed E-state index contributed by atoms with van der Waals surface area (Å²) in [5.41, 5.74) is 6.34. The molecular formula is C14H22N2O3S2. The van der Waals surface area contributed by atoms with Crippen LogP contribution in [0.3, 0.4) is 0 Å². The zero-order valence-corrected chi connectivity index (χ0v) is 13.8. The van der Waals surface area contributed by atoms with E-state index in [1.807, 2.05) is 31.2 Å². The van der Waals surface area contributed by atoms with Gasteiger partial charge in [-0.15, -0.1) is 11.8 Å². The molecule has 1 unspecified atom stereocenters. The van der Waals surface area contributed by atoms with E-state index in [9.17, 15) is 8.42 Å². The topological polar surface area (TPSA) is 72.6 Å². The number of hydrogen-bond acceptors (Lipinski definition) is 5. The second kappa shape index (κ2) is 7.49. The van der Waals surface area contributed by atoms with E-state index in [2.05, 4.69) is 0 Å². The second-order valence-electron chi connectivity index (χ2n) is 4.98. The van der Waals surface area contributed by atoms with E-state index < -0.39 is 10.0 Å². The summed E-state index contributed by atoms with van der Waals surface area (Å²) in [5.74, 6) is 0.693. The van der Waals surface area contributed by atoms with Gasteiger partial charge in [-0.2, -0.15) is 4.31 Å². The van der Waals surface area contributed by atoms with Crippen molar-refractivity contribution in [2.45, 2.75) is 24.3 Å². The first-order valence-electron chi connectivity index (χ1n) is 7.08. The molecule has 0 radical (unpaired) electrons. The summed E-state index contributed by atoms with van der Waals surface area (Å²) in [5, 5.41) is 0. The number of morpholine rings is 1. The smallest absolute Gasteiger partial charge is 0.215 e. The van der Waals surface area contributed by atoms with Crippen molar-refractivity contribution < 1.29 is 13.2 Å². The van der Waals surface area contributed by atoms with Gasteiger partial charge in [-0.05, 0) is 30.7 Å². The highest BCUT2D eigenvalue weighted by Crippen LogP contribution is 2.21. The number of nitrogens with two attached hydrogens (primary N) is 1. The Hall–Kier alpha value is -0.760. The van der Waals surface area contributed by atoms with Crippen molar-refractivity contribution in [3.05, 3.63) is 24.3 Å². The van der Waals surface area contributed by atoms with Gasteiger partial charge >= 0.3 is 0 Å². The zero-order chi connectivity index (χ0) is 15.3. The summed E-state index contributed by atoms with van der Waals surface area (Å²) in [6.07, 6.45) is 0.782. The molecule has 1 aromatic rings. The lowest BCUT2D eigenvalue weighted by Gasteiger charge is -2.33. The Labute approximate surface area is 130 Å². The molecule has 118 valence electrons. The highest BCUT2D eigenvalue weighted by molar-refractivity contribution is 8.00. The first-order valence-corrected chi connectivity index (χ1v) is 9.68. The normalized spacial score (nSPS) is 20.5. The van der Waals surface area contributed by atoms with E-state index in [-0.39, 0.29) is 11.8 Å². The fraction of sp³-hybridized carbons (Fsp3) is 0.571. The largest absolute Gasteiger partial charge is 0.399 e. The van der Waals surface area contributed by atoms with Gasteiger partial charge in [0, 0.05) is 28.9 Å². The molecule has 0 bridgehead atoms. The van der Waals surface area contributed by atoms with Crippen LogP contribution in [0.25, 0.3) is 0 Å². The maximum atomic E-state index is 12.4. The van der Waals surface area contributed by atoms with Crippen molar-refractivity contribution >= 4 is 27.5 Å². The van der Waals surface area contributed by atoms with Crippen LogP contribution >= 0.6 is 11.8 Å². The summed E-state index contributed by atoms with van der Waals surface area (Å²) in [7, 11) is -3.22. The maximum Gasteiger partial charge on any atom is 0.215 e. The van der Waals surface area contributed by atoms with E-state index in [1.165, 1.54) is 11.8 Å². The minimum atomic E-state index is -3.22. The molecule has 2 N–H and O–H groups in total. The number of sulfonamides is 1. The van der Waals surface area contributed by atoms with Gasteiger partial charge in [-0.25, -0.2) is 8.42 Å². The molecule has 0 aromatic heterocycles. The van der Waals surface area contributed by atoms with Gasteiger partial charge in [-0.3, -0.25) is 0 Å². The van der Waals surface area contributed by atoms with Crippen LogP contribution in [0, 0.1) is 0 Å². The van der Waals surface area contributed by atoms with Crippen molar-refractivity contribution in [1.29, 1.82) is 0 Å². The molecule has 1 heterocycles. The lowest BCUT2D eigenvalue weighted by molar-refractivity contribution is 0.0315. The van der Waals surface area contributed by atoms with Crippen LogP contribution in [-0.2, 0) is 14.8 Å². The SMILES string of the molecule is CCC1COCCN1S(=O)(=O)CCSc1ccc(N)cc1. The first-order chi connectivity index (χ1) is 10.0. The molecule has 0 saturated carbocycles. The number of anilines is 1. The molecule has 1 atom stereocenters. The lowest BCUT2D eigenvalue weighted by Crippen LogP contribution is -2.49. The summed E-state index contributed by atoms with van der Waals surface area (Å²) in [6.45, 7) is 3.44. The quantitative estimate of drug-likeness (QED) is 0.636. The molecule has 1 saturated heterocycles. The van der Waals surface area contributed by atoms with Crippen LogP contribution in [0.5, 0.6) is 0 Å². The van der Waals surface area contributed by atoms with Crippen LogP contribution in [0.4, 0.5) is 5.69 Å². The molecule has 21 heavy (non-hydrogen) atoms. The Balaban J connectivity index is 1.90. The van der Waals surface area contributed by atoms with Gasteiger partial charge in [0.25, 0.3) is 0 Å². The predicted molar refractivity (Wildman–Crippen MR) is 87.0 cm³/mol. The molecular weight excluding hydrogens is 308 g/mol. The molecule has 0 aliphatic carbocycles. The van der Waals surface area contributed by atoms with Gasteiger partial charge in [0.2, 0.25) is 10.0 Å². The summed E-state index contributed by atoms with van der Waals surface area (Å²) in [4.78, 5) is 1.04. The Morgan fingerprint density at radius 2 is 2.10 bits per heavy atom. The Bertz CT molecular complexity index is 546. The van der Waals surface area contributed by atoms with Crippen molar-refractivity contribution in [2.75, 3.05) is 37.0 Å². The van der Waals surface area contributed by atoms with Crippen LogP contribution in [-0.4, -0.2) is 50.0 Å². The molecule has 1 fully saturated rings. The summed E-state index contributed by atoms with van der Waals surface area (Å²) < 4.78 is 31.8. The maximum absolute atomic E-state index is 12.4. The molecule has 2 rings (SSSR count). The number of nitrogens with zero attached hydrogens (tertiary/aromatic N) is 1. The monoisotopic (exact) mass is 330 g/mol. The van der Waals surface area contributed by atoms with E-state index in [0.29, 0.717) is 31.2 Å². The van der Waals surface area contributed by atoms with Crippen LogP contribution in [0.1, 0.15) is 13.3 Å². The van der Waals surface area contributed by atoms with E-state index in [4.69, 9.17) is 10.5 Å². The minimum Gasteiger partial charge on any atom is -0.399 e. The average Bonchev–Trinajstić information content (AvgIpc) is 2.49. The van der Waals surface area contributed by atoms with Crippen LogP contribution < -0.4 is 5.73 Å². The standard InChI is InChI=1S/C14H22N2O3S2/c1-2-13-11-19-8-7-16(13)21(17,18)10-9-20-14-5-3-12(15)4-6-14/h3-6,13H,2,7-11,15H2,1H3. The lowest BCUT2D eigenvalue weighted by atomic mass is 10.2. The second-order valence-corrected chi connectivity index (χ2v) is 8.19. The number of benzene rings is 1. The van der Waals surface area contributed by atoms with Crippen LogP contribution in [0.2, 0.25) is 0 Å². The molecule has 0 spiro atoms. The summed E-state index contributed by atoms with van der Waals surface area (Å²) in [6, 6.07) is 7.45.